The molecule has 2 saturated carbocycles. The molecule has 4 atom stereocenters. The van der Waals surface area contributed by atoms with Crippen LogP contribution in [0.15, 0.2) is 24.3 Å². The van der Waals surface area contributed by atoms with Crippen LogP contribution in [0, 0.1) is 11.8 Å². The molecule has 1 nitrogen and oxygen atoms in total. The Labute approximate surface area is 124 Å². The third-order valence-corrected chi connectivity index (χ3v) is 5.50. The summed E-state index contributed by atoms with van der Waals surface area (Å²) in [7, 11) is 0. The van der Waals surface area contributed by atoms with Gasteiger partial charge in [0.05, 0.1) is 0 Å². The first-order chi connectivity index (χ1) is 9.76. The summed E-state index contributed by atoms with van der Waals surface area (Å²) in [6.07, 6.45) is 9.67. The summed E-state index contributed by atoms with van der Waals surface area (Å²) in [5, 5.41) is 3.89. The van der Waals surface area contributed by atoms with Crippen LogP contribution in [0.5, 0.6) is 0 Å². The SMILES string of the molecule is CCCCc1ccc(C(C)NC2CC3CCC2C3)cc1. The number of rotatable bonds is 6. The van der Waals surface area contributed by atoms with E-state index in [1.54, 1.807) is 0 Å². The number of benzene rings is 1. The number of aryl methyl sites for hydroxylation is 1. The van der Waals surface area contributed by atoms with E-state index in [0.29, 0.717) is 6.04 Å². The molecule has 2 aliphatic rings. The first-order valence-electron chi connectivity index (χ1n) is 8.61. The van der Waals surface area contributed by atoms with Crippen molar-refractivity contribution in [3.05, 3.63) is 35.4 Å². The van der Waals surface area contributed by atoms with Crippen molar-refractivity contribution in [1.29, 1.82) is 0 Å². The molecule has 1 aromatic carbocycles. The maximum Gasteiger partial charge on any atom is 0.0294 e. The fourth-order valence-corrected chi connectivity index (χ4v) is 4.22. The average Bonchev–Trinajstić information content (AvgIpc) is 3.08. The van der Waals surface area contributed by atoms with E-state index in [4.69, 9.17) is 0 Å². The van der Waals surface area contributed by atoms with E-state index in [9.17, 15) is 0 Å². The summed E-state index contributed by atoms with van der Waals surface area (Å²) in [4.78, 5) is 0. The van der Waals surface area contributed by atoms with E-state index >= 15 is 0 Å². The molecule has 1 heteroatoms. The van der Waals surface area contributed by atoms with Crippen LogP contribution in [-0.4, -0.2) is 6.04 Å². The molecule has 0 aromatic heterocycles. The van der Waals surface area contributed by atoms with Crippen molar-refractivity contribution < 1.29 is 0 Å². The largest absolute Gasteiger partial charge is 0.307 e. The van der Waals surface area contributed by atoms with Gasteiger partial charge in [0.1, 0.15) is 0 Å². The first-order valence-corrected chi connectivity index (χ1v) is 8.61. The van der Waals surface area contributed by atoms with Gasteiger partial charge in [-0.2, -0.15) is 0 Å². The zero-order valence-electron chi connectivity index (χ0n) is 13.1. The van der Waals surface area contributed by atoms with E-state index < -0.39 is 0 Å². The molecule has 20 heavy (non-hydrogen) atoms. The lowest BCUT2D eigenvalue weighted by atomic mass is 9.94. The van der Waals surface area contributed by atoms with Crippen molar-refractivity contribution >= 4 is 0 Å². The Morgan fingerprint density at radius 1 is 1.15 bits per heavy atom. The molecule has 0 spiro atoms. The van der Waals surface area contributed by atoms with Crippen LogP contribution in [0.2, 0.25) is 0 Å². The van der Waals surface area contributed by atoms with Crippen LogP contribution in [0.3, 0.4) is 0 Å². The van der Waals surface area contributed by atoms with E-state index in [1.165, 1.54) is 56.1 Å². The highest BCUT2D eigenvalue weighted by molar-refractivity contribution is 5.25. The van der Waals surface area contributed by atoms with Gasteiger partial charge in [-0.3, -0.25) is 0 Å². The van der Waals surface area contributed by atoms with Crippen molar-refractivity contribution in [1.82, 2.24) is 5.32 Å². The van der Waals surface area contributed by atoms with Crippen molar-refractivity contribution in [3.63, 3.8) is 0 Å². The van der Waals surface area contributed by atoms with Gasteiger partial charge in [-0.05, 0) is 62.0 Å². The Hall–Kier alpha value is -0.820. The molecule has 2 aliphatic carbocycles. The first kappa shape index (κ1) is 14.1. The van der Waals surface area contributed by atoms with Crippen LogP contribution < -0.4 is 5.32 Å². The maximum absolute atomic E-state index is 3.89. The highest BCUT2D eigenvalue weighted by Gasteiger charge is 2.39. The Balaban J connectivity index is 1.55. The van der Waals surface area contributed by atoms with Gasteiger partial charge in [0, 0.05) is 12.1 Å². The van der Waals surface area contributed by atoms with Crippen molar-refractivity contribution in [2.75, 3.05) is 0 Å². The molecule has 1 N–H and O–H groups in total. The summed E-state index contributed by atoms with van der Waals surface area (Å²) >= 11 is 0. The molecule has 0 heterocycles. The van der Waals surface area contributed by atoms with Gasteiger partial charge < -0.3 is 5.32 Å². The molecular formula is C19H29N. The lowest BCUT2D eigenvalue weighted by Gasteiger charge is -2.27. The number of unbranched alkanes of at least 4 members (excludes halogenated alkanes) is 1. The highest BCUT2D eigenvalue weighted by Crippen LogP contribution is 2.45. The lowest BCUT2D eigenvalue weighted by Crippen LogP contribution is -2.35. The van der Waals surface area contributed by atoms with Crippen LogP contribution in [0.25, 0.3) is 0 Å². The smallest absolute Gasteiger partial charge is 0.0294 e. The molecule has 3 rings (SSSR count). The van der Waals surface area contributed by atoms with E-state index in [0.717, 1.165) is 17.9 Å². The monoisotopic (exact) mass is 271 g/mol. The van der Waals surface area contributed by atoms with Crippen LogP contribution in [0.4, 0.5) is 0 Å². The maximum atomic E-state index is 3.89. The molecular weight excluding hydrogens is 242 g/mol. The second-order valence-electron chi connectivity index (χ2n) is 7.01. The summed E-state index contributed by atoms with van der Waals surface area (Å²) in [6, 6.07) is 10.6. The molecule has 0 saturated heterocycles. The number of nitrogens with one attached hydrogen (secondary N) is 1. The minimum absolute atomic E-state index is 0.500. The quantitative estimate of drug-likeness (QED) is 0.778. The van der Waals surface area contributed by atoms with Crippen molar-refractivity contribution in [3.8, 4) is 0 Å². The van der Waals surface area contributed by atoms with Gasteiger partial charge >= 0.3 is 0 Å². The molecule has 110 valence electrons. The Bertz CT molecular complexity index is 422. The molecule has 1 aromatic rings. The number of hydrogen-bond acceptors (Lipinski definition) is 1. The van der Waals surface area contributed by atoms with Gasteiger partial charge in [-0.25, -0.2) is 0 Å². The predicted octanol–water partition coefficient (Wildman–Crippen LogP) is 4.87. The molecule has 2 bridgehead atoms. The van der Waals surface area contributed by atoms with Gasteiger partial charge in [0.2, 0.25) is 0 Å². The molecule has 4 unspecified atom stereocenters. The van der Waals surface area contributed by atoms with Gasteiger partial charge in [-0.15, -0.1) is 0 Å². The number of hydrogen-bond donors (Lipinski definition) is 1. The van der Waals surface area contributed by atoms with Crippen LogP contribution in [-0.2, 0) is 6.42 Å². The van der Waals surface area contributed by atoms with E-state index in [1.807, 2.05) is 0 Å². The summed E-state index contributed by atoms with van der Waals surface area (Å²) in [5.41, 5.74) is 2.94. The second kappa shape index (κ2) is 6.30. The second-order valence-corrected chi connectivity index (χ2v) is 7.01. The summed E-state index contributed by atoms with van der Waals surface area (Å²) in [6.45, 7) is 4.59. The average molecular weight is 271 g/mol. The standard InChI is InChI=1S/C19H29N/c1-3-4-5-15-6-9-17(10-7-15)14(2)20-19-13-16-8-11-18(19)12-16/h6-7,9-10,14,16,18-20H,3-5,8,11-13H2,1-2H3. The van der Waals surface area contributed by atoms with Gasteiger partial charge in [0.25, 0.3) is 0 Å². The Morgan fingerprint density at radius 3 is 2.55 bits per heavy atom. The molecule has 2 fully saturated rings. The van der Waals surface area contributed by atoms with Crippen LogP contribution >= 0.6 is 0 Å². The van der Waals surface area contributed by atoms with E-state index in [-0.39, 0.29) is 0 Å². The minimum atomic E-state index is 0.500. The number of fused-ring (bicyclic) bond motifs is 2. The normalized spacial score (nSPS) is 29.8. The van der Waals surface area contributed by atoms with Gasteiger partial charge in [0.15, 0.2) is 0 Å². The highest BCUT2D eigenvalue weighted by atomic mass is 15.0. The third kappa shape index (κ3) is 3.09. The predicted molar refractivity (Wildman–Crippen MR) is 85.8 cm³/mol. The fourth-order valence-electron chi connectivity index (χ4n) is 4.22. The van der Waals surface area contributed by atoms with Crippen LogP contribution in [0.1, 0.15) is 69.5 Å². The molecule has 0 radical (unpaired) electrons. The summed E-state index contributed by atoms with van der Waals surface area (Å²) < 4.78 is 0. The molecule has 0 aliphatic heterocycles. The molecule has 0 amide bonds. The lowest BCUT2D eigenvalue weighted by molar-refractivity contribution is 0.327. The van der Waals surface area contributed by atoms with Crippen molar-refractivity contribution in [2.45, 2.75) is 70.9 Å². The zero-order valence-corrected chi connectivity index (χ0v) is 13.1. The topological polar surface area (TPSA) is 12.0 Å². The van der Waals surface area contributed by atoms with Crippen molar-refractivity contribution in [2.24, 2.45) is 11.8 Å². The third-order valence-electron chi connectivity index (χ3n) is 5.50. The minimum Gasteiger partial charge on any atom is -0.307 e. The Morgan fingerprint density at radius 2 is 1.95 bits per heavy atom. The fraction of sp³-hybridized carbons (Fsp3) is 0.684. The summed E-state index contributed by atoms with van der Waals surface area (Å²) in [5.74, 6) is 1.99. The Kier molecular flexibility index (Phi) is 4.45. The van der Waals surface area contributed by atoms with E-state index in [2.05, 4.69) is 43.4 Å². The van der Waals surface area contributed by atoms with Gasteiger partial charge in [-0.1, -0.05) is 44.0 Å². The zero-order chi connectivity index (χ0) is 13.9.